The van der Waals surface area contributed by atoms with E-state index in [2.05, 4.69) is 73.2 Å². The summed E-state index contributed by atoms with van der Waals surface area (Å²) >= 11 is 0. The first-order valence-electron chi connectivity index (χ1n) is 9.77. The number of fused-ring (bicyclic) bond motifs is 1. The lowest BCUT2D eigenvalue weighted by molar-refractivity contribution is 0.111. The monoisotopic (exact) mass is 365 g/mol. The maximum Gasteiger partial charge on any atom is 0.112 e. The summed E-state index contributed by atoms with van der Waals surface area (Å²) in [6.45, 7) is 4.38. The zero-order valence-electron chi connectivity index (χ0n) is 17.1. The minimum atomic E-state index is 0.241. The van der Waals surface area contributed by atoms with E-state index in [0.29, 0.717) is 5.92 Å². The molecule has 4 nitrogen and oxygen atoms in total. The first-order valence-corrected chi connectivity index (χ1v) is 9.77. The number of nitrogens with zero attached hydrogens (tertiary/aromatic N) is 2. The lowest BCUT2D eigenvalue weighted by atomic mass is 10.0. The summed E-state index contributed by atoms with van der Waals surface area (Å²) in [4.78, 5) is 5.10. The van der Waals surface area contributed by atoms with Crippen LogP contribution in [0, 0.1) is 0 Å². The fourth-order valence-corrected chi connectivity index (χ4v) is 3.78. The molecule has 0 aliphatic rings. The van der Waals surface area contributed by atoms with Crippen LogP contribution in [0.3, 0.4) is 0 Å². The van der Waals surface area contributed by atoms with Crippen molar-refractivity contribution in [2.24, 2.45) is 7.05 Å². The quantitative estimate of drug-likeness (QED) is 0.615. The molecule has 1 aromatic heterocycles. The van der Waals surface area contributed by atoms with Gasteiger partial charge in [0, 0.05) is 38.4 Å². The summed E-state index contributed by atoms with van der Waals surface area (Å²) in [6.07, 6.45) is 3.17. The van der Waals surface area contributed by atoms with E-state index in [1.807, 2.05) is 7.05 Å². The lowest BCUT2D eigenvalue weighted by Crippen LogP contribution is -2.07. The van der Waals surface area contributed by atoms with Crippen molar-refractivity contribution in [1.29, 1.82) is 0 Å². The van der Waals surface area contributed by atoms with Crippen LogP contribution in [0.2, 0.25) is 0 Å². The molecule has 1 heterocycles. The van der Waals surface area contributed by atoms with E-state index in [4.69, 9.17) is 9.72 Å². The number of aromatic nitrogens is 2. The molecular formula is C23H31N3O. The van der Waals surface area contributed by atoms with Crippen molar-refractivity contribution in [1.82, 2.24) is 9.55 Å². The van der Waals surface area contributed by atoms with E-state index in [9.17, 15) is 0 Å². The Kier molecular flexibility index (Phi) is 6.17. The highest BCUT2D eigenvalue weighted by atomic mass is 16.5. The third kappa shape index (κ3) is 4.16. The predicted octanol–water partition coefficient (Wildman–Crippen LogP) is 4.93. The van der Waals surface area contributed by atoms with Gasteiger partial charge in [0.2, 0.25) is 0 Å². The van der Waals surface area contributed by atoms with Gasteiger partial charge >= 0.3 is 0 Å². The van der Waals surface area contributed by atoms with Crippen molar-refractivity contribution in [3.05, 3.63) is 59.4 Å². The highest BCUT2D eigenvalue weighted by Crippen LogP contribution is 2.30. The van der Waals surface area contributed by atoms with Gasteiger partial charge in [0.15, 0.2) is 0 Å². The first-order chi connectivity index (χ1) is 13.0. The van der Waals surface area contributed by atoms with Crippen molar-refractivity contribution in [2.75, 3.05) is 19.5 Å². The number of aryl methyl sites for hydroxylation is 2. The fraction of sp³-hybridized carbons (Fsp3) is 0.435. The van der Waals surface area contributed by atoms with E-state index in [0.717, 1.165) is 36.3 Å². The molecule has 0 amide bonds. The van der Waals surface area contributed by atoms with Gasteiger partial charge in [-0.05, 0) is 43.9 Å². The normalized spacial score (nSPS) is 13.7. The van der Waals surface area contributed by atoms with E-state index < -0.39 is 0 Å². The SMILES string of the molecule is CNc1ccc2c(nc(C(C)Cc3ccccc3)n2C)c1CCC(C)OC. The summed E-state index contributed by atoms with van der Waals surface area (Å²) in [7, 11) is 5.88. The smallest absolute Gasteiger partial charge is 0.112 e. The highest BCUT2D eigenvalue weighted by molar-refractivity contribution is 5.85. The van der Waals surface area contributed by atoms with Crippen LogP contribution in [0.1, 0.15) is 43.1 Å². The van der Waals surface area contributed by atoms with Gasteiger partial charge in [0.25, 0.3) is 0 Å². The number of benzene rings is 2. The summed E-state index contributed by atoms with van der Waals surface area (Å²) in [5.41, 5.74) is 6.10. The van der Waals surface area contributed by atoms with Crippen LogP contribution in [-0.4, -0.2) is 29.8 Å². The summed E-state index contributed by atoms with van der Waals surface area (Å²) in [6, 6.07) is 15.0. The summed E-state index contributed by atoms with van der Waals surface area (Å²) in [5, 5.41) is 3.34. The molecule has 0 spiro atoms. The molecule has 2 atom stereocenters. The predicted molar refractivity (Wildman–Crippen MR) is 114 cm³/mol. The van der Waals surface area contributed by atoms with Crippen LogP contribution in [0.4, 0.5) is 5.69 Å². The Labute approximate surface area is 162 Å². The van der Waals surface area contributed by atoms with Gasteiger partial charge in [-0.1, -0.05) is 37.3 Å². The molecule has 27 heavy (non-hydrogen) atoms. The molecule has 0 saturated carbocycles. The molecule has 0 fully saturated rings. The average Bonchev–Trinajstić information content (AvgIpc) is 3.03. The Morgan fingerprint density at radius 2 is 1.85 bits per heavy atom. The van der Waals surface area contributed by atoms with Crippen molar-refractivity contribution < 1.29 is 4.74 Å². The standard InChI is InChI=1S/C23H31N3O/c1-16(15-18-9-7-6-8-10-18)23-25-22-19(12-11-17(2)27-5)20(24-3)13-14-21(22)26(23)4/h6-10,13-14,16-17,24H,11-12,15H2,1-5H3. The molecule has 2 unspecified atom stereocenters. The van der Waals surface area contributed by atoms with Gasteiger partial charge in [0.05, 0.1) is 17.1 Å². The third-order valence-electron chi connectivity index (χ3n) is 5.49. The molecular weight excluding hydrogens is 334 g/mol. The zero-order valence-corrected chi connectivity index (χ0v) is 17.1. The maximum absolute atomic E-state index is 5.44. The van der Waals surface area contributed by atoms with Crippen molar-refractivity contribution in [2.45, 2.75) is 45.1 Å². The molecule has 3 aromatic rings. The largest absolute Gasteiger partial charge is 0.388 e. The minimum absolute atomic E-state index is 0.241. The Balaban J connectivity index is 1.97. The van der Waals surface area contributed by atoms with Crippen LogP contribution in [0.15, 0.2) is 42.5 Å². The van der Waals surface area contributed by atoms with Gasteiger partial charge < -0.3 is 14.6 Å². The van der Waals surface area contributed by atoms with E-state index in [-0.39, 0.29) is 6.10 Å². The van der Waals surface area contributed by atoms with E-state index in [1.54, 1.807) is 7.11 Å². The summed E-state index contributed by atoms with van der Waals surface area (Å²) in [5.74, 6) is 1.50. The second-order valence-corrected chi connectivity index (χ2v) is 7.41. The average molecular weight is 366 g/mol. The van der Waals surface area contributed by atoms with Crippen LogP contribution in [-0.2, 0) is 24.6 Å². The van der Waals surface area contributed by atoms with Crippen LogP contribution >= 0.6 is 0 Å². The third-order valence-corrected chi connectivity index (χ3v) is 5.49. The number of hydrogen-bond acceptors (Lipinski definition) is 3. The number of rotatable bonds is 8. The minimum Gasteiger partial charge on any atom is -0.388 e. The van der Waals surface area contributed by atoms with Crippen LogP contribution < -0.4 is 5.32 Å². The van der Waals surface area contributed by atoms with Gasteiger partial charge in [0.1, 0.15) is 5.82 Å². The van der Waals surface area contributed by atoms with Gasteiger partial charge in [-0.3, -0.25) is 0 Å². The Morgan fingerprint density at radius 3 is 2.52 bits per heavy atom. The maximum atomic E-state index is 5.44. The Morgan fingerprint density at radius 1 is 1.11 bits per heavy atom. The topological polar surface area (TPSA) is 39.1 Å². The lowest BCUT2D eigenvalue weighted by Gasteiger charge is -2.13. The van der Waals surface area contributed by atoms with Crippen LogP contribution in [0.5, 0.6) is 0 Å². The first kappa shape index (κ1) is 19.4. The number of hydrogen-bond donors (Lipinski definition) is 1. The molecule has 0 radical (unpaired) electrons. The van der Waals surface area contributed by atoms with Crippen molar-refractivity contribution in [3.63, 3.8) is 0 Å². The molecule has 0 aliphatic carbocycles. The molecule has 2 aromatic carbocycles. The van der Waals surface area contributed by atoms with Gasteiger partial charge in [-0.2, -0.15) is 0 Å². The van der Waals surface area contributed by atoms with Gasteiger partial charge in [-0.15, -0.1) is 0 Å². The number of methoxy groups -OCH3 is 1. The Bertz CT molecular complexity index is 886. The number of imidazole rings is 1. The number of ether oxygens (including phenoxy) is 1. The Hall–Kier alpha value is -2.33. The number of nitrogens with one attached hydrogen (secondary N) is 1. The molecule has 0 saturated heterocycles. The van der Waals surface area contributed by atoms with E-state index >= 15 is 0 Å². The van der Waals surface area contributed by atoms with Crippen molar-refractivity contribution in [3.8, 4) is 0 Å². The molecule has 0 bridgehead atoms. The highest BCUT2D eigenvalue weighted by Gasteiger charge is 2.19. The molecule has 1 N–H and O–H groups in total. The molecule has 3 rings (SSSR count). The zero-order chi connectivity index (χ0) is 19.4. The molecule has 4 heteroatoms. The van der Waals surface area contributed by atoms with Crippen molar-refractivity contribution >= 4 is 16.7 Å². The molecule has 144 valence electrons. The van der Waals surface area contributed by atoms with E-state index in [1.165, 1.54) is 16.6 Å². The number of anilines is 1. The van der Waals surface area contributed by atoms with Gasteiger partial charge in [-0.25, -0.2) is 4.98 Å². The second kappa shape index (κ2) is 8.57. The molecule has 0 aliphatic heterocycles. The fourth-order valence-electron chi connectivity index (χ4n) is 3.78. The van der Waals surface area contributed by atoms with Crippen LogP contribution in [0.25, 0.3) is 11.0 Å². The summed E-state index contributed by atoms with van der Waals surface area (Å²) < 4.78 is 7.70. The second-order valence-electron chi connectivity index (χ2n) is 7.41.